The number of hydrogen-bond acceptors (Lipinski definition) is 6. The van der Waals surface area contributed by atoms with Gasteiger partial charge in [0.1, 0.15) is 11.7 Å². The van der Waals surface area contributed by atoms with Crippen molar-refractivity contribution in [2.45, 2.75) is 31.0 Å². The summed E-state index contributed by atoms with van der Waals surface area (Å²) in [5.41, 5.74) is 0.280. The van der Waals surface area contributed by atoms with Gasteiger partial charge in [-0.15, -0.1) is 0 Å². The Morgan fingerprint density at radius 3 is 3.05 bits per heavy atom. The van der Waals surface area contributed by atoms with Gasteiger partial charge in [0.2, 0.25) is 5.88 Å². The Morgan fingerprint density at radius 2 is 2.29 bits per heavy atom. The minimum absolute atomic E-state index is 0.0681. The molecule has 1 aromatic rings. The number of pyridine rings is 1. The number of methoxy groups -OCH3 is 1. The third-order valence-electron chi connectivity index (χ3n) is 4.14. The predicted octanol–water partition coefficient (Wildman–Crippen LogP) is 1.16. The number of hydrogen-bond donors (Lipinski definition) is 1. The van der Waals surface area contributed by atoms with E-state index in [0.29, 0.717) is 18.1 Å². The molecule has 0 saturated carbocycles. The van der Waals surface area contributed by atoms with Gasteiger partial charge in [-0.1, -0.05) is 0 Å². The van der Waals surface area contributed by atoms with E-state index in [2.05, 4.69) is 10.3 Å². The maximum Gasteiger partial charge on any atom is 0.343 e. The number of esters is 1. The van der Waals surface area contributed by atoms with Crippen molar-refractivity contribution in [2.24, 2.45) is 0 Å². The fourth-order valence-corrected chi connectivity index (χ4v) is 3.02. The SMILES string of the molecule is COC(=O)c1cccnc1OC1COC2(CCNCC2)C1. The first-order valence-corrected chi connectivity index (χ1v) is 7.27. The molecule has 114 valence electrons. The highest BCUT2D eigenvalue weighted by Gasteiger charge is 2.42. The van der Waals surface area contributed by atoms with Gasteiger partial charge in [0.05, 0.1) is 19.3 Å². The minimum atomic E-state index is -0.436. The lowest BCUT2D eigenvalue weighted by molar-refractivity contribution is -0.0206. The van der Waals surface area contributed by atoms with Gasteiger partial charge < -0.3 is 19.5 Å². The van der Waals surface area contributed by atoms with E-state index in [-0.39, 0.29) is 11.7 Å². The molecule has 1 atom stereocenters. The monoisotopic (exact) mass is 292 g/mol. The minimum Gasteiger partial charge on any atom is -0.471 e. The predicted molar refractivity (Wildman–Crippen MR) is 75.4 cm³/mol. The number of nitrogens with zero attached hydrogens (tertiary/aromatic N) is 1. The molecule has 2 aliphatic rings. The smallest absolute Gasteiger partial charge is 0.343 e. The summed E-state index contributed by atoms with van der Waals surface area (Å²) in [4.78, 5) is 15.9. The van der Waals surface area contributed by atoms with Crippen molar-refractivity contribution in [1.29, 1.82) is 0 Å². The number of ether oxygens (including phenoxy) is 3. The van der Waals surface area contributed by atoms with Crippen molar-refractivity contribution in [3.05, 3.63) is 23.9 Å². The Balaban J connectivity index is 1.69. The van der Waals surface area contributed by atoms with Gasteiger partial charge >= 0.3 is 5.97 Å². The van der Waals surface area contributed by atoms with Gasteiger partial charge in [0.15, 0.2) is 0 Å². The van der Waals surface area contributed by atoms with Gasteiger partial charge in [-0.2, -0.15) is 0 Å². The van der Waals surface area contributed by atoms with Crippen LogP contribution in [0.25, 0.3) is 0 Å². The number of aromatic nitrogens is 1. The summed E-state index contributed by atoms with van der Waals surface area (Å²) in [5.74, 6) is -0.113. The van der Waals surface area contributed by atoms with Gasteiger partial charge in [-0.05, 0) is 38.1 Å². The number of carbonyl (C=O) groups is 1. The van der Waals surface area contributed by atoms with Gasteiger partial charge in [0, 0.05) is 12.6 Å². The van der Waals surface area contributed by atoms with Crippen LogP contribution in [0.15, 0.2) is 18.3 Å². The topological polar surface area (TPSA) is 69.7 Å². The summed E-state index contributed by atoms with van der Waals surface area (Å²) >= 11 is 0. The van der Waals surface area contributed by atoms with E-state index in [1.54, 1.807) is 18.3 Å². The normalized spacial score (nSPS) is 24.0. The fourth-order valence-electron chi connectivity index (χ4n) is 3.02. The van der Waals surface area contributed by atoms with Gasteiger partial charge in [-0.3, -0.25) is 0 Å². The van der Waals surface area contributed by atoms with Crippen LogP contribution in [0, 0.1) is 0 Å². The molecule has 0 bridgehead atoms. The molecule has 0 amide bonds. The molecule has 0 radical (unpaired) electrons. The van der Waals surface area contributed by atoms with Crippen molar-refractivity contribution < 1.29 is 19.0 Å². The first kappa shape index (κ1) is 14.3. The van der Waals surface area contributed by atoms with Crippen LogP contribution in [-0.4, -0.2) is 49.5 Å². The molecular formula is C15H20N2O4. The van der Waals surface area contributed by atoms with Crippen LogP contribution < -0.4 is 10.1 Å². The molecule has 6 nitrogen and oxygen atoms in total. The largest absolute Gasteiger partial charge is 0.471 e. The molecular weight excluding hydrogens is 272 g/mol. The maximum absolute atomic E-state index is 11.7. The number of rotatable bonds is 3. The molecule has 1 unspecified atom stereocenters. The molecule has 2 saturated heterocycles. The molecule has 2 aliphatic heterocycles. The molecule has 1 spiro atoms. The van der Waals surface area contributed by atoms with Crippen molar-refractivity contribution in [3.8, 4) is 5.88 Å². The fraction of sp³-hybridized carbons (Fsp3) is 0.600. The second kappa shape index (κ2) is 5.99. The van der Waals surface area contributed by atoms with E-state index in [1.165, 1.54) is 7.11 Å². The van der Waals surface area contributed by atoms with Crippen molar-refractivity contribution >= 4 is 5.97 Å². The van der Waals surface area contributed by atoms with Crippen LogP contribution in [0.3, 0.4) is 0 Å². The standard InChI is InChI=1S/C15H20N2O4/c1-19-14(18)12-3-2-6-17-13(12)21-11-9-15(20-10-11)4-7-16-8-5-15/h2-3,6,11,16H,4-5,7-10H2,1H3. The maximum atomic E-state index is 11.7. The molecule has 6 heteroatoms. The Bertz CT molecular complexity index is 514. The summed E-state index contributed by atoms with van der Waals surface area (Å²) in [6.45, 7) is 2.49. The third-order valence-corrected chi connectivity index (χ3v) is 4.14. The molecule has 0 aromatic carbocycles. The summed E-state index contributed by atoms with van der Waals surface area (Å²) in [6, 6.07) is 3.35. The summed E-state index contributed by atoms with van der Waals surface area (Å²) in [6.07, 6.45) is 4.38. The first-order chi connectivity index (χ1) is 10.2. The lowest BCUT2D eigenvalue weighted by Crippen LogP contribution is -2.41. The second-order valence-corrected chi connectivity index (χ2v) is 5.54. The second-order valence-electron chi connectivity index (χ2n) is 5.54. The molecule has 3 heterocycles. The van der Waals surface area contributed by atoms with Crippen LogP contribution in [0.2, 0.25) is 0 Å². The average molecular weight is 292 g/mol. The van der Waals surface area contributed by atoms with Crippen molar-refractivity contribution in [3.63, 3.8) is 0 Å². The molecule has 3 rings (SSSR count). The van der Waals surface area contributed by atoms with Crippen LogP contribution in [0.5, 0.6) is 5.88 Å². The Morgan fingerprint density at radius 1 is 1.48 bits per heavy atom. The zero-order valence-corrected chi connectivity index (χ0v) is 12.1. The van der Waals surface area contributed by atoms with Crippen LogP contribution >= 0.6 is 0 Å². The van der Waals surface area contributed by atoms with E-state index in [4.69, 9.17) is 14.2 Å². The quantitative estimate of drug-likeness (QED) is 0.843. The van der Waals surface area contributed by atoms with E-state index in [0.717, 1.165) is 32.4 Å². The van der Waals surface area contributed by atoms with Crippen LogP contribution in [-0.2, 0) is 9.47 Å². The number of nitrogens with one attached hydrogen (secondary N) is 1. The highest BCUT2D eigenvalue weighted by Crippen LogP contribution is 2.35. The summed E-state index contributed by atoms with van der Waals surface area (Å²) in [5, 5.41) is 3.34. The summed E-state index contributed by atoms with van der Waals surface area (Å²) in [7, 11) is 1.35. The molecule has 1 N–H and O–H groups in total. The lowest BCUT2D eigenvalue weighted by Gasteiger charge is -2.32. The number of carbonyl (C=O) groups excluding carboxylic acids is 1. The third kappa shape index (κ3) is 3.01. The number of piperidine rings is 1. The summed E-state index contributed by atoms with van der Waals surface area (Å²) < 4.78 is 16.6. The molecule has 1 aromatic heterocycles. The van der Waals surface area contributed by atoms with Crippen molar-refractivity contribution in [2.75, 3.05) is 26.8 Å². The molecule has 0 aliphatic carbocycles. The van der Waals surface area contributed by atoms with E-state index in [1.807, 2.05) is 0 Å². The average Bonchev–Trinajstić information content (AvgIpc) is 2.90. The zero-order valence-electron chi connectivity index (χ0n) is 12.1. The van der Waals surface area contributed by atoms with E-state index in [9.17, 15) is 4.79 Å². The molecule has 2 fully saturated rings. The van der Waals surface area contributed by atoms with Crippen LogP contribution in [0.1, 0.15) is 29.6 Å². The van der Waals surface area contributed by atoms with Crippen LogP contribution in [0.4, 0.5) is 0 Å². The Kier molecular flexibility index (Phi) is 4.07. The lowest BCUT2D eigenvalue weighted by atomic mass is 9.89. The van der Waals surface area contributed by atoms with E-state index < -0.39 is 5.97 Å². The van der Waals surface area contributed by atoms with Gasteiger partial charge in [-0.25, -0.2) is 9.78 Å². The Hall–Kier alpha value is -1.66. The molecule has 21 heavy (non-hydrogen) atoms. The van der Waals surface area contributed by atoms with Gasteiger partial charge in [0.25, 0.3) is 0 Å². The van der Waals surface area contributed by atoms with Crippen molar-refractivity contribution in [1.82, 2.24) is 10.3 Å². The highest BCUT2D eigenvalue weighted by molar-refractivity contribution is 5.91. The first-order valence-electron chi connectivity index (χ1n) is 7.27. The highest BCUT2D eigenvalue weighted by atomic mass is 16.6. The van der Waals surface area contributed by atoms with E-state index >= 15 is 0 Å². The zero-order chi connectivity index (χ0) is 14.7. The Labute approximate surface area is 123 Å².